The molecular formula is C9H15F2NO3. The quantitative estimate of drug-likeness (QED) is 0.675. The average molecular weight is 223 g/mol. The Labute approximate surface area is 86.6 Å². The molecule has 0 aliphatic carbocycles. The first kappa shape index (κ1) is 12.3. The van der Waals surface area contributed by atoms with Gasteiger partial charge in [0.2, 0.25) is 0 Å². The number of rotatable bonds is 3. The molecule has 0 aromatic carbocycles. The lowest BCUT2D eigenvalue weighted by Crippen LogP contribution is -2.55. The van der Waals surface area contributed by atoms with Gasteiger partial charge in [-0.15, -0.1) is 0 Å². The molecule has 15 heavy (non-hydrogen) atoms. The van der Waals surface area contributed by atoms with Crippen molar-refractivity contribution in [1.29, 1.82) is 0 Å². The third kappa shape index (κ3) is 2.10. The van der Waals surface area contributed by atoms with Crippen LogP contribution in [0.4, 0.5) is 8.78 Å². The number of alkyl halides is 2. The summed E-state index contributed by atoms with van der Waals surface area (Å²) >= 11 is 0. The summed E-state index contributed by atoms with van der Waals surface area (Å²) < 4.78 is 31.2. The molecule has 2 N–H and O–H groups in total. The van der Waals surface area contributed by atoms with Crippen molar-refractivity contribution in [3.05, 3.63) is 0 Å². The van der Waals surface area contributed by atoms with Gasteiger partial charge < -0.3 is 15.2 Å². The van der Waals surface area contributed by atoms with Crippen LogP contribution in [0, 0.1) is 0 Å². The predicted octanol–water partition coefficient (Wildman–Crippen LogP) is 0.298. The Morgan fingerprint density at radius 3 is 2.73 bits per heavy atom. The predicted molar refractivity (Wildman–Crippen MR) is 48.6 cm³/mol. The minimum absolute atomic E-state index is 0.131. The summed E-state index contributed by atoms with van der Waals surface area (Å²) in [5.74, 6) is -5.52. The molecule has 1 aliphatic rings. The van der Waals surface area contributed by atoms with E-state index in [0.29, 0.717) is 0 Å². The Balaban J connectivity index is 2.80. The minimum Gasteiger partial charge on any atom is -0.461 e. The molecule has 0 radical (unpaired) electrons. The fourth-order valence-corrected chi connectivity index (χ4v) is 1.64. The minimum atomic E-state index is -3.86. The summed E-state index contributed by atoms with van der Waals surface area (Å²) in [5, 5.41) is 12.3. The number of halogens is 2. The maximum absolute atomic E-state index is 13.5. The number of hydrogen-bond acceptors (Lipinski definition) is 4. The van der Waals surface area contributed by atoms with Crippen LogP contribution < -0.4 is 5.32 Å². The molecule has 4 nitrogen and oxygen atoms in total. The highest BCUT2D eigenvalue weighted by molar-refractivity contribution is 5.79. The highest BCUT2D eigenvalue weighted by atomic mass is 19.3. The van der Waals surface area contributed by atoms with Gasteiger partial charge in [0.15, 0.2) is 5.60 Å². The second kappa shape index (κ2) is 4.02. The first-order chi connectivity index (χ1) is 6.83. The number of β-amino-alcohol motifs (C(OH)–C–C–N with tert-alkyl or cyclic N) is 1. The molecule has 0 aromatic rings. The highest BCUT2D eigenvalue weighted by Crippen LogP contribution is 2.36. The van der Waals surface area contributed by atoms with Gasteiger partial charge in [0.25, 0.3) is 0 Å². The van der Waals surface area contributed by atoms with Crippen molar-refractivity contribution in [2.24, 2.45) is 0 Å². The van der Waals surface area contributed by atoms with Gasteiger partial charge in [-0.2, -0.15) is 8.78 Å². The van der Waals surface area contributed by atoms with E-state index in [2.05, 4.69) is 10.1 Å². The Bertz CT molecular complexity index is 260. The van der Waals surface area contributed by atoms with E-state index >= 15 is 0 Å². The van der Waals surface area contributed by atoms with E-state index in [4.69, 9.17) is 0 Å². The van der Waals surface area contributed by atoms with Crippen LogP contribution in [-0.4, -0.2) is 41.8 Å². The molecule has 1 aliphatic heterocycles. The monoisotopic (exact) mass is 223 g/mol. The SMILES string of the molecule is CCOC(=O)C(F)(F)C1(O)CNC(C)C1. The summed E-state index contributed by atoms with van der Waals surface area (Å²) in [6.07, 6.45) is -0.168. The summed E-state index contributed by atoms with van der Waals surface area (Å²) in [6.45, 7) is 2.67. The van der Waals surface area contributed by atoms with E-state index in [-0.39, 0.29) is 25.6 Å². The molecule has 1 rings (SSSR count). The van der Waals surface area contributed by atoms with E-state index in [1.165, 1.54) is 6.92 Å². The molecule has 88 valence electrons. The van der Waals surface area contributed by atoms with Crippen LogP contribution in [0.2, 0.25) is 0 Å². The molecule has 0 spiro atoms. The second-order valence-corrected chi connectivity index (χ2v) is 3.81. The lowest BCUT2D eigenvalue weighted by molar-refractivity contribution is -0.209. The number of nitrogens with one attached hydrogen (secondary N) is 1. The van der Waals surface area contributed by atoms with Gasteiger partial charge in [0.05, 0.1) is 6.61 Å². The Hall–Kier alpha value is -0.750. The van der Waals surface area contributed by atoms with Crippen LogP contribution in [0.5, 0.6) is 0 Å². The number of carbonyl (C=O) groups excluding carboxylic acids is 1. The standard InChI is InChI=1S/C9H15F2NO3/c1-3-15-7(13)9(10,11)8(14)4-6(2)12-5-8/h6,12,14H,3-5H2,1-2H3. The van der Waals surface area contributed by atoms with E-state index in [0.717, 1.165) is 0 Å². The maximum Gasteiger partial charge on any atom is 0.380 e. The van der Waals surface area contributed by atoms with Crippen molar-refractivity contribution in [1.82, 2.24) is 5.32 Å². The average Bonchev–Trinajstić information content (AvgIpc) is 2.48. The van der Waals surface area contributed by atoms with Crippen molar-refractivity contribution in [2.45, 2.75) is 37.8 Å². The van der Waals surface area contributed by atoms with Crippen molar-refractivity contribution >= 4 is 5.97 Å². The topological polar surface area (TPSA) is 58.6 Å². The van der Waals surface area contributed by atoms with Crippen molar-refractivity contribution in [3.8, 4) is 0 Å². The zero-order valence-electron chi connectivity index (χ0n) is 8.72. The molecule has 2 atom stereocenters. The lowest BCUT2D eigenvalue weighted by Gasteiger charge is -2.29. The molecule has 1 saturated heterocycles. The van der Waals surface area contributed by atoms with E-state index in [9.17, 15) is 18.7 Å². The third-order valence-corrected chi connectivity index (χ3v) is 2.50. The van der Waals surface area contributed by atoms with Crippen LogP contribution in [0.3, 0.4) is 0 Å². The molecule has 0 bridgehead atoms. The Morgan fingerprint density at radius 1 is 1.73 bits per heavy atom. The van der Waals surface area contributed by atoms with Crippen LogP contribution in [0.25, 0.3) is 0 Å². The summed E-state index contributed by atoms with van der Waals surface area (Å²) in [6, 6.07) is -0.240. The number of carbonyl (C=O) groups is 1. The molecule has 0 amide bonds. The van der Waals surface area contributed by atoms with Crippen LogP contribution >= 0.6 is 0 Å². The number of aliphatic hydroxyl groups is 1. The van der Waals surface area contributed by atoms with Crippen LogP contribution in [-0.2, 0) is 9.53 Å². The number of esters is 1. The molecule has 0 saturated carbocycles. The fourth-order valence-electron chi connectivity index (χ4n) is 1.64. The summed E-state index contributed by atoms with van der Waals surface area (Å²) in [4.78, 5) is 11.0. The largest absolute Gasteiger partial charge is 0.461 e. The highest BCUT2D eigenvalue weighted by Gasteiger charge is 2.61. The smallest absolute Gasteiger partial charge is 0.380 e. The van der Waals surface area contributed by atoms with Crippen molar-refractivity contribution in [2.75, 3.05) is 13.2 Å². The van der Waals surface area contributed by atoms with Gasteiger partial charge in [-0.3, -0.25) is 0 Å². The fraction of sp³-hybridized carbons (Fsp3) is 0.889. The maximum atomic E-state index is 13.5. The first-order valence-corrected chi connectivity index (χ1v) is 4.84. The van der Waals surface area contributed by atoms with Gasteiger partial charge in [-0.1, -0.05) is 0 Å². The van der Waals surface area contributed by atoms with Crippen LogP contribution in [0.15, 0.2) is 0 Å². The molecule has 1 heterocycles. The molecule has 1 fully saturated rings. The van der Waals surface area contributed by atoms with Crippen molar-refractivity contribution < 1.29 is 23.4 Å². The van der Waals surface area contributed by atoms with E-state index in [1.807, 2.05) is 0 Å². The van der Waals surface area contributed by atoms with Gasteiger partial charge in [-0.05, 0) is 20.3 Å². The normalized spacial score (nSPS) is 31.7. The number of ether oxygens (including phenoxy) is 1. The first-order valence-electron chi connectivity index (χ1n) is 4.84. The van der Waals surface area contributed by atoms with Gasteiger partial charge in [-0.25, -0.2) is 4.79 Å². The van der Waals surface area contributed by atoms with Crippen LogP contribution in [0.1, 0.15) is 20.3 Å². The molecule has 2 unspecified atom stereocenters. The Kier molecular flexibility index (Phi) is 3.30. The van der Waals surface area contributed by atoms with Gasteiger partial charge in [0, 0.05) is 12.6 Å². The molecule has 0 aromatic heterocycles. The van der Waals surface area contributed by atoms with Crippen molar-refractivity contribution in [3.63, 3.8) is 0 Å². The number of hydrogen-bond donors (Lipinski definition) is 2. The molecule has 6 heteroatoms. The third-order valence-electron chi connectivity index (χ3n) is 2.50. The second-order valence-electron chi connectivity index (χ2n) is 3.81. The summed E-state index contributed by atoms with van der Waals surface area (Å²) in [7, 11) is 0. The zero-order chi connectivity index (χ0) is 11.7. The van der Waals surface area contributed by atoms with E-state index < -0.39 is 17.5 Å². The van der Waals surface area contributed by atoms with E-state index in [1.54, 1.807) is 6.92 Å². The van der Waals surface area contributed by atoms with Gasteiger partial charge >= 0.3 is 11.9 Å². The zero-order valence-corrected chi connectivity index (χ0v) is 8.72. The lowest BCUT2D eigenvalue weighted by atomic mass is 9.93. The molecular weight excluding hydrogens is 208 g/mol. The van der Waals surface area contributed by atoms with Gasteiger partial charge in [0.1, 0.15) is 0 Å². The summed E-state index contributed by atoms with van der Waals surface area (Å²) in [5.41, 5.74) is -2.33. The Morgan fingerprint density at radius 2 is 2.33 bits per heavy atom.